The summed E-state index contributed by atoms with van der Waals surface area (Å²) in [6.07, 6.45) is -4.31. The van der Waals surface area contributed by atoms with Gasteiger partial charge < -0.3 is 0 Å². The lowest BCUT2D eigenvalue weighted by Gasteiger charge is -2.07. The summed E-state index contributed by atoms with van der Waals surface area (Å²) in [7, 11) is 1.75. The molecular formula is C15H14F3N2+. The Hall–Kier alpha value is -2.30. The second kappa shape index (κ2) is 5.77. The van der Waals surface area contributed by atoms with E-state index in [-0.39, 0.29) is 0 Å². The summed E-state index contributed by atoms with van der Waals surface area (Å²) in [4.78, 5) is 3.00. The number of hydrogen-bond acceptors (Lipinski definition) is 0. The van der Waals surface area contributed by atoms with Crippen LogP contribution in [0, 0.1) is 0 Å². The van der Waals surface area contributed by atoms with Crippen molar-refractivity contribution in [2.75, 3.05) is 12.4 Å². The Morgan fingerprint density at radius 3 is 2.05 bits per heavy atom. The topological polar surface area (TPSA) is 26.0 Å². The van der Waals surface area contributed by atoms with Gasteiger partial charge in [0.1, 0.15) is 5.69 Å². The van der Waals surface area contributed by atoms with Crippen molar-refractivity contribution in [2.24, 2.45) is 0 Å². The molecule has 2 nitrogen and oxygen atoms in total. The Morgan fingerprint density at radius 2 is 1.55 bits per heavy atom. The van der Waals surface area contributed by atoms with Gasteiger partial charge in [-0.1, -0.05) is 18.2 Å². The van der Waals surface area contributed by atoms with Crippen LogP contribution in [0.3, 0.4) is 0 Å². The van der Waals surface area contributed by atoms with Crippen LogP contribution in [0.15, 0.2) is 54.6 Å². The van der Waals surface area contributed by atoms with Crippen LogP contribution in [0.5, 0.6) is 0 Å². The number of benzene rings is 2. The second-order valence-electron chi connectivity index (χ2n) is 4.19. The van der Waals surface area contributed by atoms with Crippen LogP contribution >= 0.6 is 0 Å². The van der Waals surface area contributed by atoms with Gasteiger partial charge in [0, 0.05) is 0 Å². The van der Waals surface area contributed by atoms with E-state index >= 15 is 0 Å². The van der Waals surface area contributed by atoms with Crippen molar-refractivity contribution in [2.45, 2.75) is 6.18 Å². The number of anilines is 1. The lowest BCUT2D eigenvalue weighted by Crippen LogP contribution is -2.70. The first-order valence-electron chi connectivity index (χ1n) is 6.05. The van der Waals surface area contributed by atoms with Gasteiger partial charge in [0.2, 0.25) is 0 Å². The van der Waals surface area contributed by atoms with Gasteiger partial charge in [-0.25, -0.2) is 5.32 Å². The lowest BCUT2D eigenvalue weighted by molar-refractivity contribution is -0.419. The molecule has 0 aliphatic carbocycles. The molecule has 5 heteroatoms. The van der Waals surface area contributed by atoms with Crippen LogP contribution in [-0.4, -0.2) is 12.9 Å². The van der Waals surface area contributed by atoms with E-state index in [1.807, 2.05) is 30.3 Å². The minimum Gasteiger partial charge on any atom is -0.277 e. The molecule has 0 saturated heterocycles. The van der Waals surface area contributed by atoms with E-state index < -0.39 is 11.7 Å². The number of halogens is 3. The monoisotopic (exact) mass is 279 g/mol. The summed E-state index contributed by atoms with van der Waals surface area (Å²) in [6, 6.07) is 14.4. The van der Waals surface area contributed by atoms with Gasteiger partial charge >= 0.3 is 6.18 Å². The predicted molar refractivity (Wildman–Crippen MR) is 72.5 cm³/mol. The number of hydrogen-bond donors (Lipinski definition) is 2. The molecular weight excluding hydrogens is 265 g/mol. The van der Waals surface area contributed by atoms with Gasteiger partial charge in [-0.2, -0.15) is 13.2 Å². The number of nitrogens with one attached hydrogen (secondary N) is 2. The highest BCUT2D eigenvalue weighted by atomic mass is 19.4. The van der Waals surface area contributed by atoms with E-state index in [1.54, 1.807) is 7.05 Å². The molecule has 104 valence electrons. The van der Waals surface area contributed by atoms with Crippen LogP contribution in [0.2, 0.25) is 0 Å². The molecule has 0 saturated carbocycles. The Morgan fingerprint density at radius 1 is 0.950 bits per heavy atom. The number of amidine groups is 1. The zero-order chi connectivity index (χ0) is 14.6. The third kappa shape index (κ3) is 3.38. The molecule has 0 radical (unpaired) electrons. The molecule has 20 heavy (non-hydrogen) atoms. The maximum Gasteiger partial charge on any atom is 0.416 e. The highest BCUT2D eigenvalue weighted by Crippen LogP contribution is 2.29. The first kappa shape index (κ1) is 14.1. The molecule has 0 unspecified atom stereocenters. The molecule has 0 spiro atoms. The van der Waals surface area contributed by atoms with Crippen molar-refractivity contribution < 1.29 is 18.2 Å². The van der Waals surface area contributed by atoms with Gasteiger partial charge in [0.05, 0.1) is 18.2 Å². The first-order valence-corrected chi connectivity index (χ1v) is 6.05. The Balaban J connectivity index is 2.17. The Kier molecular flexibility index (Phi) is 4.08. The minimum atomic E-state index is -4.31. The third-order valence-electron chi connectivity index (χ3n) is 2.79. The molecule has 0 aliphatic rings. The third-order valence-corrected chi connectivity index (χ3v) is 2.79. The molecule has 2 rings (SSSR count). The molecule has 2 aromatic rings. The smallest absolute Gasteiger partial charge is 0.277 e. The summed E-state index contributed by atoms with van der Waals surface area (Å²) in [5.74, 6) is 0.727. The van der Waals surface area contributed by atoms with Crippen molar-refractivity contribution in [3.63, 3.8) is 0 Å². The minimum absolute atomic E-state index is 0.589. The summed E-state index contributed by atoms with van der Waals surface area (Å²) in [5, 5.41) is 3.06. The Labute approximate surface area is 115 Å². The number of alkyl halides is 3. The van der Waals surface area contributed by atoms with Gasteiger partial charge in [-0.15, -0.1) is 0 Å². The second-order valence-corrected chi connectivity index (χ2v) is 4.19. The number of rotatable bonds is 2. The van der Waals surface area contributed by atoms with Crippen molar-refractivity contribution >= 4 is 11.5 Å². The normalized spacial score (nSPS) is 12.3. The molecule has 0 amide bonds. The fourth-order valence-electron chi connectivity index (χ4n) is 1.77. The summed E-state index contributed by atoms with van der Waals surface area (Å²) >= 11 is 0. The first-order chi connectivity index (χ1) is 9.50. The van der Waals surface area contributed by atoms with Gasteiger partial charge in [0.25, 0.3) is 5.84 Å². The van der Waals surface area contributed by atoms with Crippen LogP contribution in [0.4, 0.5) is 18.9 Å². The summed E-state index contributed by atoms with van der Waals surface area (Å²) in [6.45, 7) is 0. The standard InChI is InChI=1S/C15H13F3N2/c1-19-14(11-5-3-2-4-6-11)20-13-9-7-12(8-10-13)15(16,17)18/h2-10H,1H3,(H,19,20)/p+1. The van der Waals surface area contributed by atoms with Crippen LogP contribution in [0.1, 0.15) is 11.1 Å². The SMILES string of the molecule is C[NH+]=C(Nc1ccc(C(F)(F)F)cc1)c1ccccc1. The quantitative estimate of drug-likeness (QED) is 0.640. The zero-order valence-corrected chi connectivity index (χ0v) is 10.8. The van der Waals surface area contributed by atoms with E-state index in [2.05, 4.69) is 10.3 Å². The van der Waals surface area contributed by atoms with Crippen molar-refractivity contribution in [3.8, 4) is 0 Å². The highest BCUT2D eigenvalue weighted by molar-refractivity contribution is 6.04. The van der Waals surface area contributed by atoms with Crippen molar-refractivity contribution in [1.82, 2.24) is 0 Å². The molecule has 0 aromatic heterocycles. The maximum atomic E-state index is 12.5. The van der Waals surface area contributed by atoms with Crippen LogP contribution in [-0.2, 0) is 6.18 Å². The zero-order valence-electron chi connectivity index (χ0n) is 10.8. The van der Waals surface area contributed by atoms with Gasteiger partial charge in [-0.05, 0) is 36.4 Å². The van der Waals surface area contributed by atoms with Crippen LogP contribution < -0.4 is 10.3 Å². The van der Waals surface area contributed by atoms with E-state index in [1.165, 1.54) is 12.1 Å². The van der Waals surface area contributed by atoms with Crippen molar-refractivity contribution in [1.29, 1.82) is 0 Å². The Bertz CT molecular complexity index is 587. The van der Waals surface area contributed by atoms with E-state index in [0.29, 0.717) is 5.69 Å². The van der Waals surface area contributed by atoms with E-state index in [4.69, 9.17) is 0 Å². The van der Waals surface area contributed by atoms with Crippen LogP contribution in [0.25, 0.3) is 0 Å². The maximum absolute atomic E-state index is 12.5. The molecule has 0 fully saturated rings. The predicted octanol–water partition coefficient (Wildman–Crippen LogP) is 2.27. The van der Waals surface area contributed by atoms with E-state index in [0.717, 1.165) is 23.5 Å². The fourth-order valence-corrected chi connectivity index (χ4v) is 1.77. The average molecular weight is 279 g/mol. The highest BCUT2D eigenvalue weighted by Gasteiger charge is 2.30. The van der Waals surface area contributed by atoms with Crippen molar-refractivity contribution in [3.05, 3.63) is 65.7 Å². The molecule has 0 atom stereocenters. The summed E-state index contributed by atoms with van der Waals surface area (Å²) in [5.41, 5.74) is 0.856. The van der Waals surface area contributed by atoms with E-state index in [9.17, 15) is 13.2 Å². The molecule has 2 aromatic carbocycles. The molecule has 2 N–H and O–H groups in total. The summed E-state index contributed by atoms with van der Waals surface area (Å²) < 4.78 is 37.4. The van der Waals surface area contributed by atoms with Gasteiger partial charge in [0.15, 0.2) is 0 Å². The fraction of sp³-hybridized carbons (Fsp3) is 0.133. The lowest BCUT2D eigenvalue weighted by atomic mass is 10.1. The largest absolute Gasteiger partial charge is 0.416 e. The molecule has 0 aliphatic heterocycles. The molecule has 0 bridgehead atoms. The average Bonchev–Trinajstić information content (AvgIpc) is 2.45. The molecule has 0 heterocycles. The van der Waals surface area contributed by atoms with Gasteiger partial charge in [-0.3, -0.25) is 4.99 Å².